The van der Waals surface area contributed by atoms with Crippen molar-refractivity contribution in [1.82, 2.24) is 9.78 Å². The van der Waals surface area contributed by atoms with Crippen molar-refractivity contribution in [1.29, 1.82) is 0 Å². The monoisotopic (exact) mass is 377 g/mol. The van der Waals surface area contributed by atoms with Gasteiger partial charge in [0, 0.05) is 17.6 Å². The molecule has 0 saturated carbocycles. The van der Waals surface area contributed by atoms with Gasteiger partial charge in [0.2, 0.25) is 5.91 Å². The standard InChI is InChI=1S/C18H23N3O4S/c1-18(2,3)15-11-16(19-17(22)7-6-14-5-4-9-25-14)21(20-15)13-8-10-26(23,24)12-13/h4-7,9,11,13H,8,10,12H2,1-3H3,(H,19,22)/b7-6+. The Bertz CT molecular complexity index is 918. The lowest BCUT2D eigenvalue weighted by atomic mass is 9.92. The summed E-state index contributed by atoms with van der Waals surface area (Å²) in [5, 5.41) is 7.39. The highest BCUT2D eigenvalue weighted by molar-refractivity contribution is 7.91. The van der Waals surface area contributed by atoms with E-state index in [1.54, 1.807) is 22.9 Å². The van der Waals surface area contributed by atoms with Crippen LogP contribution in [0, 0.1) is 0 Å². The minimum absolute atomic E-state index is 0.0450. The van der Waals surface area contributed by atoms with Crippen LogP contribution < -0.4 is 5.32 Å². The van der Waals surface area contributed by atoms with Crippen molar-refractivity contribution in [2.24, 2.45) is 0 Å². The molecule has 1 unspecified atom stereocenters. The quantitative estimate of drug-likeness (QED) is 0.827. The Morgan fingerprint density at radius 2 is 2.19 bits per heavy atom. The maximum Gasteiger partial charge on any atom is 0.249 e. The van der Waals surface area contributed by atoms with Crippen LogP contribution in [0.3, 0.4) is 0 Å². The zero-order valence-electron chi connectivity index (χ0n) is 15.1. The van der Waals surface area contributed by atoms with Crippen LogP contribution in [0.5, 0.6) is 0 Å². The van der Waals surface area contributed by atoms with E-state index in [0.29, 0.717) is 18.0 Å². The fourth-order valence-electron chi connectivity index (χ4n) is 2.81. The lowest BCUT2D eigenvalue weighted by molar-refractivity contribution is -0.111. The van der Waals surface area contributed by atoms with E-state index >= 15 is 0 Å². The van der Waals surface area contributed by atoms with Crippen molar-refractivity contribution in [3.8, 4) is 0 Å². The topological polar surface area (TPSA) is 94.2 Å². The number of carbonyl (C=O) groups excluding carboxylic acids is 1. The van der Waals surface area contributed by atoms with Crippen LogP contribution in [0.4, 0.5) is 5.82 Å². The first-order chi connectivity index (χ1) is 12.1. The van der Waals surface area contributed by atoms with Crippen LogP contribution in [0.1, 0.15) is 44.7 Å². The number of hydrogen-bond donors (Lipinski definition) is 1. The summed E-state index contributed by atoms with van der Waals surface area (Å²) in [4.78, 5) is 12.3. The van der Waals surface area contributed by atoms with Gasteiger partial charge in [-0.1, -0.05) is 20.8 Å². The number of nitrogens with one attached hydrogen (secondary N) is 1. The summed E-state index contributed by atoms with van der Waals surface area (Å²) in [5.74, 6) is 0.943. The summed E-state index contributed by atoms with van der Waals surface area (Å²) in [7, 11) is -3.05. The molecule has 3 rings (SSSR count). The summed E-state index contributed by atoms with van der Waals surface area (Å²) in [6.45, 7) is 6.06. The Hall–Kier alpha value is -2.35. The van der Waals surface area contributed by atoms with Crippen LogP contribution in [0.2, 0.25) is 0 Å². The third-order valence-corrected chi connectivity index (χ3v) is 6.00. The Kier molecular flexibility index (Phi) is 4.79. The number of amides is 1. The second kappa shape index (κ2) is 6.75. The van der Waals surface area contributed by atoms with Gasteiger partial charge in [0.15, 0.2) is 9.84 Å². The molecule has 0 bridgehead atoms. The van der Waals surface area contributed by atoms with E-state index in [0.717, 1.165) is 5.69 Å². The zero-order valence-corrected chi connectivity index (χ0v) is 15.9. The van der Waals surface area contributed by atoms with Gasteiger partial charge in [0.1, 0.15) is 11.6 Å². The Morgan fingerprint density at radius 1 is 1.42 bits per heavy atom. The van der Waals surface area contributed by atoms with Crippen molar-refractivity contribution >= 4 is 27.6 Å². The largest absolute Gasteiger partial charge is 0.465 e. The summed E-state index contributed by atoms with van der Waals surface area (Å²) in [6.07, 6.45) is 4.97. The van der Waals surface area contributed by atoms with Gasteiger partial charge in [-0.2, -0.15) is 5.10 Å². The third-order valence-electron chi connectivity index (χ3n) is 4.25. The van der Waals surface area contributed by atoms with Crippen molar-refractivity contribution in [3.63, 3.8) is 0 Å². The van der Waals surface area contributed by atoms with E-state index in [2.05, 4.69) is 10.4 Å². The van der Waals surface area contributed by atoms with Gasteiger partial charge < -0.3 is 9.73 Å². The molecule has 1 aliphatic rings. The highest BCUT2D eigenvalue weighted by atomic mass is 32.2. The molecule has 2 aromatic heterocycles. The average molecular weight is 377 g/mol. The lowest BCUT2D eigenvalue weighted by Crippen LogP contribution is -2.19. The number of aromatic nitrogens is 2. The molecule has 1 amide bonds. The van der Waals surface area contributed by atoms with E-state index in [9.17, 15) is 13.2 Å². The van der Waals surface area contributed by atoms with Crippen molar-refractivity contribution in [2.75, 3.05) is 16.8 Å². The minimum atomic E-state index is -3.05. The van der Waals surface area contributed by atoms with Gasteiger partial charge in [-0.25, -0.2) is 13.1 Å². The summed E-state index contributed by atoms with van der Waals surface area (Å²) >= 11 is 0. The highest BCUT2D eigenvalue weighted by Gasteiger charge is 2.32. The minimum Gasteiger partial charge on any atom is -0.465 e. The zero-order chi connectivity index (χ0) is 18.9. The molecule has 1 saturated heterocycles. The molecular weight excluding hydrogens is 354 g/mol. The first-order valence-corrected chi connectivity index (χ1v) is 10.3. The van der Waals surface area contributed by atoms with Crippen LogP contribution in [-0.4, -0.2) is 35.6 Å². The summed E-state index contributed by atoms with van der Waals surface area (Å²) in [5.41, 5.74) is 0.582. The van der Waals surface area contributed by atoms with E-state index in [1.807, 2.05) is 26.8 Å². The third kappa shape index (κ3) is 4.24. The molecule has 0 radical (unpaired) electrons. The highest BCUT2D eigenvalue weighted by Crippen LogP contribution is 2.30. The maximum absolute atomic E-state index is 12.3. The predicted molar refractivity (Wildman–Crippen MR) is 99.6 cm³/mol. The SMILES string of the molecule is CC(C)(C)c1cc(NC(=O)/C=C/c2ccco2)n(C2CCS(=O)(=O)C2)n1. The predicted octanol–water partition coefficient (Wildman–Crippen LogP) is 2.79. The molecule has 1 fully saturated rings. The molecule has 0 aromatic carbocycles. The number of carbonyl (C=O) groups is 1. The van der Waals surface area contributed by atoms with Crippen LogP contribution in [0.25, 0.3) is 6.08 Å². The van der Waals surface area contributed by atoms with Gasteiger partial charge in [-0.15, -0.1) is 0 Å². The van der Waals surface area contributed by atoms with Gasteiger partial charge in [0.05, 0.1) is 29.5 Å². The first kappa shape index (κ1) is 18.4. The molecule has 7 nitrogen and oxygen atoms in total. The summed E-state index contributed by atoms with van der Waals surface area (Å²) in [6, 6.07) is 5.03. The fraction of sp³-hybridized carbons (Fsp3) is 0.444. The van der Waals surface area contributed by atoms with Gasteiger partial charge in [0.25, 0.3) is 0 Å². The normalized spacial score (nSPS) is 19.9. The molecule has 2 aromatic rings. The van der Waals surface area contributed by atoms with E-state index in [-0.39, 0.29) is 28.9 Å². The van der Waals surface area contributed by atoms with Crippen molar-refractivity contribution in [3.05, 3.63) is 42.0 Å². The van der Waals surface area contributed by atoms with Crippen LogP contribution >= 0.6 is 0 Å². The van der Waals surface area contributed by atoms with Gasteiger partial charge in [-0.05, 0) is 24.6 Å². The Morgan fingerprint density at radius 3 is 2.77 bits per heavy atom. The molecule has 1 atom stereocenters. The van der Waals surface area contributed by atoms with Crippen LogP contribution in [-0.2, 0) is 20.0 Å². The Labute approximate surface area is 153 Å². The summed E-state index contributed by atoms with van der Waals surface area (Å²) < 4.78 is 30.5. The first-order valence-electron chi connectivity index (χ1n) is 8.47. The number of sulfone groups is 1. The molecule has 26 heavy (non-hydrogen) atoms. The number of nitrogens with zero attached hydrogens (tertiary/aromatic N) is 2. The number of rotatable bonds is 4. The number of hydrogen-bond acceptors (Lipinski definition) is 5. The molecule has 140 valence electrons. The maximum atomic E-state index is 12.3. The van der Waals surface area contributed by atoms with Gasteiger partial charge in [-0.3, -0.25) is 4.79 Å². The molecule has 0 spiro atoms. The molecule has 1 aliphatic heterocycles. The van der Waals surface area contributed by atoms with Crippen molar-refractivity contribution < 1.29 is 17.6 Å². The molecule has 0 aliphatic carbocycles. The smallest absolute Gasteiger partial charge is 0.249 e. The molecular formula is C18H23N3O4S. The second-order valence-corrected chi connectivity index (χ2v) is 9.73. The van der Waals surface area contributed by atoms with Gasteiger partial charge >= 0.3 is 0 Å². The fourth-order valence-corrected chi connectivity index (χ4v) is 4.50. The molecule has 3 heterocycles. The van der Waals surface area contributed by atoms with E-state index in [1.165, 1.54) is 12.3 Å². The second-order valence-electron chi connectivity index (χ2n) is 7.50. The molecule has 1 N–H and O–H groups in total. The molecule has 8 heteroatoms. The number of furan rings is 1. The lowest BCUT2D eigenvalue weighted by Gasteiger charge is -2.15. The van der Waals surface area contributed by atoms with E-state index in [4.69, 9.17) is 4.42 Å². The van der Waals surface area contributed by atoms with Crippen LogP contribution in [0.15, 0.2) is 35.0 Å². The number of anilines is 1. The Balaban J connectivity index is 1.85. The van der Waals surface area contributed by atoms with Crippen molar-refractivity contribution in [2.45, 2.75) is 38.6 Å². The van der Waals surface area contributed by atoms with E-state index < -0.39 is 9.84 Å². The average Bonchev–Trinajstić information content (AvgIpc) is 3.24.